The molecule has 0 saturated carbocycles. The van der Waals surface area contributed by atoms with E-state index in [2.05, 4.69) is 16.7 Å². The van der Waals surface area contributed by atoms with E-state index in [1.165, 1.54) is 0 Å². The zero-order valence-electron chi connectivity index (χ0n) is 20.4. The van der Waals surface area contributed by atoms with Gasteiger partial charge < -0.3 is 29.7 Å². The number of nitrogens with one attached hydrogen (secondary N) is 2. The molecule has 1 fully saturated rings. The van der Waals surface area contributed by atoms with E-state index in [0.717, 1.165) is 28.8 Å². The molecule has 2 aliphatic rings. The van der Waals surface area contributed by atoms with Crippen LogP contribution < -0.4 is 20.1 Å². The maximum atomic E-state index is 13.9. The highest BCUT2D eigenvalue weighted by atomic mass is 32.1. The maximum Gasteiger partial charge on any atom is 0.236 e. The number of amides is 1. The molecule has 2 aromatic carbocycles. The number of benzene rings is 2. The number of carbonyl (C=O) groups excluding carboxylic acids is 1. The monoisotopic (exact) mass is 483 g/mol. The van der Waals surface area contributed by atoms with Crippen LogP contribution in [0, 0.1) is 19.8 Å². The fraction of sp³-hybridized carbons (Fsp3) is 0.462. The van der Waals surface area contributed by atoms with Gasteiger partial charge >= 0.3 is 0 Å². The van der Waals surface area contributed by atoms with Crippen molar-refractivity contribution in [1.82, 2.24) is 10.2 Å². The lowest BCUT2D eigenvalue weighted by Gasteiger charge is -2.56. The number of aryl methyl sites for hydroxylation is 2. The van der Waals surface area contributed by atoms with Gasteiger partial charge in [0.2, 0.25) is 5.91 Å². The van der Waals surface area contributed by atoms with Crippen LogP contribution in [-0.2, 0) is 9.53 Å². The molecule has 182 valence electrons. The number of rotatable bonds is 8. The van der Waals surface area contributed by atoms with E-state index in [-0.39, 0.29) is 11.9 Å². The van der Waals surface area contributed by atoms with Gasteiger partial charge in [-0.3, -0.25) is 4.79 Å². The molecule has 0 radical (unpaired) electrons. The fourth-order valence-corrected chi connectivity index (χ4v) is 5.36. The van der Waals surface area contributed by atoms with Crippen LogP contribution in [0.3, 0.4) is 0 Å². The van der Waals surface area contributed by atoms with Crippen molar-refractivity contribution >= 4 is 28.9 Å². The van der Waals surface area contributed by atoms with Crippen LogP contribution in [0.4, 0.5) is 5.69 Å². The van der Waals surface area contributed by atoms with Crippen molar-refractivity contribution in [1.29, 1.82) is 0 Å². The Morgan fingerprint density at radius 2 is 2.09 bits per heavy atom. The number of hydrogen-bond acceptors (Lipinski definition) is 5. The van der Waals surface area contributed by atoms with Crippen LogP contribution in [0.1, 0.15) is 43.0 Å². The van der Waals surface area contributed by atoms with E-state index >= 15 is 0 Å². The third kappa shape index (κ3) is 4.32. The summed E-state index contributed by atoms with van der Waals surface area (Å²) in [6.45, 7) is 9.60. The average Bonchev–Trinajstić information content (AvgIpc) is 2.78. The van der Waals surface area contributed by atoms with Crippen LogP contribution >= 0.6 is 12.2 Å². The second-order valence-electron chi connectivity index (χ2n) is 8.97. The second-order valence-corrected chi connectivity index (χ2v) is 9.36. The third-order valence-corrected chi connectivity index (χ3v) is 6.91. The number of hydrogen-bond donors (Lipinski definition) is 2. The van der Waals surface area contributed by atoms with Gasteiger partial charge in [-0.1, -0.05) is 29.8 Å². The standard InChI is InChI=1S/C26H33N3O4S/c1-6-32-20-10-7-9-18-22-21(24(30)27-19-12-11-16(2)15-17(19)3)26(4,33-23(18)20)29(25(34)28-22)13-8-14-31-5/h7,9-12,15,21-22H,6,8,13-14H2,1-5H3,(H,27,30)(H,28,34)/t21-,22-,26-/m0/s1. The number of ether oxygens (including phenoxy) is 3. The van der Waals surface area contributed by atoms with Gasteiger partial charge in [0.15, 0.2) is 22.3 Å². The Balaban J connectivity index is 1.76. The summed E-state index contributed by atoms with van der Waals surface area (Å²) in [5.41, 5.74) is 2.81. The van der Waals surface area contributed by atoms with Gasteiger partial charge in [0.25, 0.3) is 0 Å². The summed E-state index contributed by atoms with van der Waals surface area (Å²) in [6.07, 6.45) is 0.743. The van der Waals surface area contributed by atoms with Crippen LogP contribution in [0.5, 0.6) is 11.5 Å². The molecule has 0 aliphatic carbocycles. The highest BCUT2D eigenvalue weighted by molar-refractivity contribution is 7.80. The largest absolute Gasteiger partial charge is 0.490 e. The van der Waals surface area contributed by atoms with Crippen molar-refractivity contribution in [2.24, 2.45) is 5.92 Å². The van der Waals surface area contributed by atoms with Gasteiger partial charge in [-0.15, -0.1) is 0 Å². The van der Waals surface area contributed by atoms with E-state index in [4.69, 9.17) is 26.4 Å². The Hall–Kier alpha value is -2.84. The fourth-order valence-electron chi connectivity index (χ4n) is 4.96. The molecule has 2 N–H and O–H groups in total. The first-order chi connectivity index (χ1) is 16.3. The molecule has 3 atom stereocenters. The van der Waals surface area contributed by atoms with Gasteiger partial charge in [-0.05, 0) is 64.0 Å². The summed E-state index contributed by atoms with van der Waals surface area (Å²) in [6, 6.07) is 11.4. The number of anilines is 1. The van der Waals surface area contributed by atoms with Crippen molar-refractivity contribution in [2.45, 2.75) is 45.9 Å². The lowest BCUT2D eigenvalue weighted by Crippen LogP contribution is -2.71. The normalized spacial score (nSPS) is 23.0. The predicted molar refractivity (Wildman–Crippen MR) is 136 cm³/mol. The van der Waals surface area contributed by atoms with Crippen molar-refractivity contribution in [2.75, 3.05) is 32.2 Å². The molecule has 4 rings (SSSR count). The highest BCUT2D eigenvalue weighted by Gasteiger charge is 2.59. The summed E-state index contributed by atoms with van der Waals surface area (Å²) >= 11 is 5.75. The Morgan fingerprint density at radius 1 is 1.29 bits per heavy atom. The number of fused-ring (bicyclic) bond motifs is 4. The molecule has 7 nitrogen and oxygen atoms in total. The molecule has 2 aromatic rings. The topological polar surface area (TPSA) is 72.1 Å². The molecule has 2 bridgehead atoms. The molecule has 34 heavy (non-hydrogen) atoms. The minimum atomic E-state index is -1.01. The summed E-state index contributed by atoms with van der Waals surface area (Å²) in [5, 5.41) is 7.15. The smallest absolute Gasteiger partial charge is 0.236 e. The predicted octanol–water partition coefficient (Wildman–Crippen LogP) is 4.33. The van der Waals surface area contributed by atoms with E-state index in [1.807, 2.05) is 62.9 Å². The third-order valence-electron chi connectivity index (χ3n) is 6.58. The zero-order valence-corrected chi connectivity index (χ0v) is 21.3. The van der Waals surface area contributed by atoms with E-state index in [0.29, 0.717) is 36.4 Å². The molecule has 1 amide bonds. The van der Waals surface area contributed by atoms with E-state index < -0.39 is 11.6 Å². The minimum Gasteiger partial charge on any atom is -0.490 e. The van der Waals surface area contributed by atoms with Gasteiger partial charge in [0.1, 0.15) is 5.92 Å². The lowest BCUT2D eigenvalue weighted by atomic mass is 9.78. The van der Waals surface area contributed by atoms with Crippen LogP contribution in [0.15, 0.2) is 36.4 Å². The summed E-state index contributed by atoms with van der Waals surface area (Å²) < 4.78 is 17.8. The quantitative estimate of drug-likeness (QED) is 0.428. The molecular weight excluding hydrogens is 450 g/mol. The number of methoxy groups -OCH3 is 1. The van der Waals surface area contributed by atoms with Crippen LogP contribution in [0.25, 0.3) is 0 Å². The Morgan fingerprint density at radius 3 is 2.79 bits per heavy atom. The summed E-state index contributed by atoms with van der Waals surface area (Å²) in [4.78, 5) is 15.8. The molecule has 0 spiro atoms. The van der Waals surface area contributed by atoms with Gasteiger partial charge in [-0.25, -0.2) is 0 Å². The minimum absolute atomic E-state index is 0.126. The van der Waals surface area contributed by atoms with Gasteiger partial charge in [0.05, 0.1) is 12.6 Å². The molecular formula is C26H33N3O4S. The molecule has 2 heterocycles. The molecule has 0 unspecified atom stereocenters. The molecule has 8 heteroatoms. The van der Waals surface area contributed by atoms with E-state index in [1.54, 1.807) is 7.11 Å². The number of para-hydroxylation sites is 1. The summed E-state index contributed by atoms with van der Waals surface area (Å²) in [5.74, 6) is 0.626. The number of carbonyl (C=O) groups is 1. The Labute approximate surface area is 206 Å². The summed E-state index contributed by atoms with van der Waals surface area (Å²) in [7, 11) is 1.67. The van der Waals surface area contributed by atoms with Crippen molar-refractivity contribution in [3.63, 3.8) is 0 Å². The SMILES string of the molecule is CCOc1cccc2c1O[C@@]1(C)[C@H](C(=O)Nc3ccc(C)cc3C)[C@H]2NC(=S)N1CCCOC. The number of thiocarbonyl (C=S) groups is 1. The molecule has 1 saturated heterocycles. The van der Waals surface area contributed by atoms with Gasteiger partial charge in [-0.2, -0.15) is 0 Å². The lowest BCUT2D eigenvalue weighted by molar-refractivity contribution is -0.150. The molecule has 2 aliphatic heterocycles. The second kappa shape index (κ2) is 9.80. The maximum absolute atomic E-state index is 13.9. The highest BCUT2D eigenvalue weighted by Crippen LogP contribution is 2.51. The first kappa shape index (κ1) is 24.3. The molecule has 0 aromatic heterocycles. The van der Waals surface area contributed by atoms with Crippen LogP contribution in [-0.4, -0.2) is 48.5 Å². The van der Waals surface area contributed by atoms with Crippen LogP contribution in [0.2, 0.25) is 0 Å². The van der Waals surface area contributed by atoms with Crippen molar-refractivity contribution < 1.29 is 19.0 Å². The van der Waals surface area contributed by atoms with E-state index in [9.17, 15) is 4.79 Å². The zero-order chi connectivity index (χ0) is 24.5. The Bertz CT molecular complexity index is 1090. The first-order valence-corrected chi connectivity index (χ1v) is 12.1. The number of nitrogens with zero attached hydrogens (tertiary/aromatic N) is 1. The first-order valence-electron chi connectivity index (χ1n) is 11.7. The average molecular weight is 484 g/mol. The van der Waals surface area contributed by atoms with Crippen molar-refractivity contribution in [3.8, 4) is 11.5 Å². The van der Waals surface area contributed by atoms with Crippen molar-refractivity contribution in [3.05, 3.63) is 53.1 Å². The Kier molecular flexibility index (Phi) is 7.00. The van der Waals surface area contributed by atoms with Gasteiger partial charge in [0, 0.05) is 31.5 Å².